The van der Waals surface area contributed by atoms with E-state index in [1.807, 2.05) is 26.8 Å². The van der Waals surface area contributed by atoms with E-state index in [4.69, 9.17) is 5.73 Å². The Morgan fingerprint density at radius 3 is 2.52 bits per heavy atom. The fourth-order valence-corrected chi connectivity index (χ4v) is 2.23. The predicted octanol–water partition coefficient (Wildman–Crippen LogP) is 1.84. The van der Waals surface area contributed by atoms with Crippen molar-refractivity contribution in [2.24, 2.45) is 11.1 Å². The van der Waals surface area contributed by atoms with Gasteiger partial charge < -0.3 is 16.0 Å². The average molecular weight is 289 g/mol. The van der Waals surface area contributed by atoms with Gasteiger partial charge in [0.1, 0.15) is 0 Å². The van der Waals surface area contributed by atoms with Crippen LogP contribution in [-0.4, -0.2) is 35.8 Å². The maximum Gasteiger partial charge on any atom is 0.256 e. The first-order chi connectivity index (χ1) is 9.79. The number of carbonyl (C=O) groups excluding carboxylic acids is 2. The molecule has 0 unspecified atom stereocenters. The van der Waals surface area contributed by atoms with Crippen LogP contribution >= 0.6 is 0 Å². The maximum atomic E-state index is 12.6. The second-order valence-electron chi connectivity index (χ2n) is 6.55. The molecule has 1 saturated heterocycles. The molecule has 0 bridgehead atoms. The Kier molecular flexibility index (Phi) is 4.32. The highest BCUT2D eigenvalue weighted by molar-refractivity contribution is 6.04. The first-order valence-corrected chi connectivity index (χ1v) is 7.24. The number of hydrogen-bond donors (Lipinski definition) is 2. The molecule has 5 heteroatoms. The molecular weight excluding hydrogens is 266 g/mol. The number of nitrogens with one attached hydrogen (secondary N) is 1. The van der Waals surface area contributed by atoms with Gasteiger partial charge in [0, 0.05) is 24.5 Å². The van der Waals surface area contributed by atoms with Gasteiger partial charge in [-0.15, -0.1) is 0 Å². The second-order valence-corrected chi connectivity index (χ2v) is 6.55. The SMILES string of the molecule is CC(C)(C)C(=O)Nc1ccccc1C(=O)N1CC[C@@H](N)C1. The quantitative estimate of drug-likeness (QED) is 0.872. The van der Waals surface area contributed by atoms with Crippen molar-refractivity contribution in [3.63, 3.8) is 0 Å². The molecule has 0 spiro atoms. The Morgan fingerprint density at radius 1 is 1.29 bits per heavy atom. The summed E-state index contributed by atoms with van der Waals surface area (Å²) < 4.78 is 0. The molecule has 1 aromatic rings. The summed E-state index contributed by atoms with van der Waals surface area (Å²) in [6.45, 7) is 6.76. The van der Waals surface area contributed by atoms with Crippen molar-refractivity contribution in [3.05, 3.63) is 29.8 Å². The van der Waals surface area contributed by atoms with Gasteiger partial charge in [-0.3, -0.25) is 9.59 Å². The summed E-state index contributed by atoms with van der Waals surface area (Å²) >= 11 is 0. The summed E-state index contributed by atoms with van der Waals surface area (Å²) in [5.74, 6) is -0.186. The standard InChI is InChI=1S/C16H23N3O2/c1-16(2,3)15(21)18-13-7-5-4-6-12(13)14(20)19-9-8-11(17)10-19/h4-7,11H,8-10,17H2,1-3H3,(H,18,21)/t11-/m1/s1. The summed E-state index contributed by atoms with van der Waals surface area (Å²) in [7, 11) is 0. The lowest BCUT2D eigenvalue weighted by Gasteiger charge is -2.21. The van der Waals surface area contributed by atoms with Crippen molar-refractivity contribution in [3.8, 4) is 0 Å². The average Bonchev–Trinajstić information content (AvgIpc) is 2.84. The predicted molar refractivity (Wildman–Crippen MR) is 83.0 cm³/mol. The highest BCUT2D eigenvalue weighted by atomic mass is 16.2. The van der Waals surface area contributed by atoms with E-state index in [9.17, 15) is 9.59 Å². The Balaban J connectivity index is 2.21. The van der Waals surface area contributed by atoms with Gasteiger partial charge in [-0.25, -0.2) is 0 Å². The highest BCUT2D eigenvalue weighted by Crippen LogP contribution is 2.23. The van der Waals surface area contributed by atoms with E-state index < -0.39 is 5.41 Å². The summed E-state index contributed by atoms with van der Waals surface area (Å²) in [6.07, 6.45) is 0.822. The minimum Gasteiger partial charge on any atom is -0.337 e. The van der Waals surface area contributed by atoms with Crippen LogP contribution in [0.25, 0.3) is 0 Å². The number of hydrogen-bond acceptors (Lipinski definition) is 3. The molecule has 1 fully saturated rings. The maximum absolute atomic E-state index is 12.6. The van der Waals surface area contributed by atoms with E-state index in [0.29, 0.717) is 24.3 Å². The van der Waals surface area contributed by atoms with Crippen molar-refractivity contribution in [2.45, 2.75) is 33.2 Å². The third-order valence-corrected chi connectivity index (χ3v) is 3.60. The van der Waals surface area contributed by atoms with Crippen molar-refractivity contribution < 1.29 is 9.59 Å². The molecule has 1 aromatic carbocycles. The van der Waals surface area contributed by atoms with Gasteiger partial charge >= 0.3 is 0 Å². The van der Waals surface area contributed by atoms with Gasteiger partial charge in [-0.1, -0.05) is 32.9 Å². The van der Waals surface area contributed by atoms with E-state index in [1.54, 1.807) is 23.1 Å². The van der Waals surface area contributed by atoms with Gasteiger partial charge in [0.15, 0.2) is 0 Å². The van der Waals surface area contributed by atoms with Crippen LogP contribution in [0, 0.1) is 5.41 Å². The Bertz CT molecular complexity index is 549. The third-order valence-electron chi connectivity index (χ3n) is 3.60. The van der Waals surface area contributed by atoms with E-state index in [-0.39, 0.29) is 17.9 Å². The topological polar surface area (TPSA) is 75.4 Å². The van der Waals surface area contributed by atoms with E-state index in [0.717, 1.165) is 6.42 Å². The number of nitrogens with zero attached hydrogens (tertiary/aromatic N) is 1. The van der Waals surface area contributed by atoms with E-state index in [2.05, 4.69) is 5.32 Å². The van der Waals surface area contributed by atoms with Crippen molar-refractivity contribution >= 4 is 17.5 Å². The van der Waals surface area contributed by atoms with Gasteiger partial charge in [0.2, 0.25) is 5.91 Å². The zero-order chi connectivity index (χ0) is 15.6. The van der Waals surface area contributed by atoms with E-state index in [1.165, 1.54) is 0 Å². The normalized spacial score (nSPS) is 18.7. The Morgan fingerprint density at radius 2 is 1.95 bits per heavy atom. The van der Waals surface area contributed by atoms with Crippen molar-refractivity contribution in [1.82, 2.24) is 4.90 Å². The van der Waals surface area contributed by atoms with Crippen LogP contribution in [-0.2, 0) is 4.79 Å². The Labute approximate surface area is 125 Å². The van der Waals surface area contributed by atoms with Crippen molar-refractivity contribution in [2.75, 3.05) is 18.4 Å². The molecule has 1 atom stereocenters. The third kappa shape index (κ3) is 3.61. The molecule has 0 saturated carbocycles. The smallest absolute Gasteiger partial charge is 0.256 e. The van der Waals surface area contributed by atoms with Crippen LogP contribution in [0.4, 0.5) is 5.69 Å². The minimum atomic E-state index is -0.508. The molecule has 21 heavy (non-hydrogen) atoms. The molecule has 114 valence electrons. The van der Waals surface area contributed by atoms with Crippen LogP contribution in [0.15, 0.2) is 24.3 Å². The lowest BCUT2D eigenvalue weighted by molar-refractivity contribution is -0.123. The molecule has 2 amide bonds. The zero-order valence-corrected chi connectivity index (χ0v) is 12.8. The van der Waals surface area contributed by atoms with E-state index >= 15 is 0 Å². The van der Waals surface area contributed by atoms with Crippen LogP contribution in [0.1, 0.15) is 37.6 Å². The molecule has 1 heterocycles. The van der Waals surface area contributed by atoms with Gasteiger partial charge in [-0.05, 0) is 18.6 Å². The van der Waals surface area contributed by atoms with Crippen LogP contribution in [0.2, 0.25) is 0 Å². The molecule has 2 rings (SSSR count). The minimum absolute atomic E-state index is 0.0466. The van der Waals surface area contributed by atoms with Crippen LogP contribution < -0.4 is 11.1 Å². The lowest BCUT2D eigenvalue weighted by atomic mass is 9.95. The molecule has 0 aliphatic carbocycles. The molecule has 5 nitrogen and oxygen atoms in total. The number of benzene rings is 1. The number of amides is 2. The Hall–Kier alpha value is -1.88. The van der Waals surface area contributed by atoms with Crippen LogP contribution in [0.3, 0.4) is 0 Å². The summed E-state index contributed by atoms with van der Waals surface area (Å²) in [5.41, 5.74) is 6.42. The molecule has 0 radical (unpaired) electrons. The first-order valence-electron chi connectivity index (χ1n) is 7.24. The molecule has 3 N–H and O–H groups in total. The zero-order valence-electron chi connectivity index (χ0n) is 12.8. The van der Waals surface area contributed by atoms with Gasteiger partial charge in [0.05, 0.1) is 11.3 Å². The number of carbonyl (C=O) groups is 2. The number of anilines is 1. The number of rotatable bonds is 2. The molecule has 1 aliphatic rings. The van der Waals surface area contributed by atoms with Crippen molar-refractivity contribution in [1.29, 1.82) is 0 Å². The highest BCUT2D eigenvalue weighted by Gasteiger charge is 2.27. The number of nitrogens with two attached hydrogens (primary N) is 1. The van der Waals surface area contributed by atoms with Gasteiger partial charge in [0.25, 0.3) is 5.91 Å². The van der Waals surface area contributed by atoms with Crippen LogP contribution in [0.5, 0.6) is 0 Å². The fourth-order valence-electron chi connectivity index (χ4n) is 2.23. The summed E-state index contributed by atoms with van der Waals surface area (Å²) in [6, 6.07) is 7.16. The van der Waals surface area contributed by atoms with Gasteiger partial charge in [-0.2, -0.15) is 0 Å². The lowest BCUT2D eigenvalue weighted by Crippen LogP contribution is -2.33. The largest absolute Gasteiger partial charge is 0.337 e. The summed E-state index contributed by atoms with van der Waals surface area (Å²) in [5, 5.41) is 2.85. The second kappa shape index (κ2) is 5.85. The first kappa shape index (κ1) is 15.5. The molecule has 1 aliphatic heterocycles. The molecule has 0 aromatic heterocycles. The number of para-hydroxylation sites is 1. The monoisotopic (exact) mass is 289 g/mol. The molecular formula is C16H23N3O2. The summed E-state index contributed by atoms with van der Waals surface area (Å²) in [4.78, 5) is 26.4. The number of likely N-dealkylation sites (tertiary alicyclic amines) is 1. The fraction of sp³-hybridized carbons (Fsp3) is 0.500.